The molecule has 0 amide bonds. The normalized spacial score (nSPS) is 12.2. The Balaban J connectivity index is 2.16. The highest BCUT2D eigenvalue weighted by Gasteiger charge is 2.11. The number of halogens is 3. The van der Waals surface area contributed by atoms with Crippen LogP contribution in [-0.4, -0.2) is 4.98 Å². The Kier molecular flexibility index (Phi) is 3.50. The lowest BCUT2D eigenvalue weighted by atomic mass is 10.1. The molecule has 0 saturated carbocycles. The predicted octanol–water partition coefficient (Wildman–Crippen LogP) is 3.67. The summed E-state index contributed by atoms with van der Waals surface area (Å²) in [7, 11) is 0. The highest BCUT2D eigenvalue weighted by molar-refractivity contribution is 5.43. The van der Waals surface area contributed by atoms with Gasteiger partial charge in [0.05, 0.1) is 17.9 Å². The second kappa shape index (κ2) is 5.08. The van der Waals surface area contributed by atoms with Crippen LogP contribution in [0.2, 0.25) is 0 Å². The van der Waals surface area contributed by atoms with Crippen molar-refractivity contribution in [3.05, 3.63) is 59.7 Å². The first-order valence-electron chi connectivity index (χ1n) is 5.39. The summed E-state index contributed by atoms with van der Waals surface area (Å²) in [6.07, 6.45) is 1.31. The molecule has 0 aliphatic heterocycles. The predicted molar refractivity (Wildman–Crippen MR) is 62.6 cm³/mol. The standard InChI is InChI=1S/C13H11F3N2/c1-8(11-4-2-9(14)6-12(11)15)18-10-3-5-13(16)17-7-10/h2-8,18H,1H3. The molecule has 2 rings (SSSR count). The van der Waals surface area contributed by atoms with Crippen molar-refractivity contribution < 1.29 is 13.2 Å². The Labute approximate surface area is 102 Å². The minimum absolute atomic E-state index is 0.334. The molecule has 0 aliphatic carbocycles. The highest BCUT2D eigenvalue weighted by Crippen LogP contribution is 2.21. The second-order valence-electron chi connectivity index (χ2n) is 3.90. The van der Waals surface area contributed by atoms with Crippen molar-refractivity contribution in [1.82, 2.24) is 4.98 Å². The minimum Gasteiger partial charge on any atom is -0.377 e. The number of aromatic nitrogens is 1. The summed E-state index contributed by atoms with van der Waals surface area (Å²) in [5.41, 5.74) is 0.897. The van der Waals surface area contributed by atoms with Gasteiger partial charge in [0.1, 0.15) is 11.6 Å². The van der Waals surface area contributed by atoms with Crippen molar-refractivity contribution in [2.24, 2.45) is 0 Å². The smallest absolute Gasteiger partial charge is 0.212 e. The van der Waals surface area contributed by atoms with E-state index in [1.54, 1.807) is 6.92 Å². The summed E-state index contributed by atoms with van der Waals surface area (Å²) in [4.78, 5) is 3.48. The molecule has 1 heterocycles. The van der Waals surface area contributed by atoms with E-state index in [1.807, 2.05) is 0 Å². The van der Waals surface area contributed by atoms with Crippen LogP contribution >= 0.6 is 0 Å². The molecule has 1 atom stereocenters. The van der Waals surface area contributed by atoms with Gasteiger partial charge < -0.3 is 5.32 Å². The van der Waals surface area contributed by atoms with Crippen LogP contribution in [-0.2, 0) is 0 Å². The molecule has 0 saturated heterocycles. The molecule has 0 fully saturated rings. The van der Waals surface area contributed by atoms with Gasteiger partial charge in [-0.2, -0.15) is 4.39 Å². The third-order valence-electron chi connectivity index (χ3n) is 2.54. The van der Waals surface area contributed by atoms with E-state index in [-0.39, 0.29) is 6.04 Å². The summed E-state index contributed by atoms with van der Waals surface area (Å²) < 4.78 is 38.9. The van der Waals surface area contributed by atoms with Crippen molar-refractivity contribution in [3.63, 3.8) is 0 Å². The largest absolute Gasteiger partial charge is 0.377 e. The quantitative estimate of drug-likeness (QED) is 0.843. The molecular formula is C13H11F3N2. The number of nitrogens with one attached hydrogen (secondary N) is 1. The van der Waals surface area contributed by atoms with Gasteiger partial charge in [0.25, 0.3) is 0 Å². The SMILES string of the molecule is CC(Nc1ccc(F)nc1)c1ccc(F)cc1F. The van der Waals surface area contributed by atoms with E-state index in [1.165, 1.54) is 30.5 Å². The van der Waals surface area contributed by atoms with Crippen LogP contribution in [0.3, 0.4) is 0 Å². The minimum atomic E-state index is -0.620. The number of hydrogen-bond donors (Lipinski definition) is 1. The molecular weight excluding hydrogens is 241 g/mol. The van der Waals surface area contributed by atoms with Gasteiger partial charge in [-0.05, 0) is 25.1 Å². The van der Waals surface area contributed by atoms with Crippen LogP contribution < -0.4 is 5.32 Å². The van der Waals surface area contributed by atoms with E-state index in [0.29, 0.717) is 11.3 Å². The van der Waals surface area contributed by atoms with Gasteiger partial charge in [-0.1, -0.05) is 6.07 Å². The van der Waals surface area contributed by atoms with Gasteiger partial charge in [0, 0.05) is 11.6 Å². The van der Waals surface area contributed by atoms with Gasteiger partial charge in [0.15, 0.2) is 0 Å². The molecule has 0 spiro atoms. The average Bonchev–Trinajstić information content (AvgIpc) is 2.32. The van der Waals surface area contributed by atoms with Crippen molar-refractivity contribution >= 4 is 5.69 Å². The summed E-state index contributed by atoms with van der Waals surface area (Å²) in [6.45, 7) is 1.72. The number of benzene rings is 1. The van der Waals surface area contributed by atoms with Gasteiger partial charge in [-0.3, -0.25) is 0 Å². The fraction of sp³-hybridized carbons (Fsp3) is 0.154. The number of nitrogens with zero attached hydrogens (tertiary/aromatic N) is 1. The first-order valence-corrected chi connectivity index (χ1v) is 5.39. The monoisotopic (exact) mass is 252 g/mol. The zero-order chi connectivity index (χ0) is 13.1. The van der Waals surface area contributed by atoms with Crippen LogP contribution in [0.15, 0.2) is 36.5 Å². The molecule has 18 heavy (non-hydrogen) atoms. The summed E-state index contributed by atoms with van der Waals surface area (Å²) in [5, 5.41) is 2.95. The van der Waals surface area contributed by atoms with E-state index < -0.39 is 17.6 Å². The molecule has 0 radical (unpaired) electrons. The van der Waals surface area contributed by atoms with Gasteiger partial charge in [0.2, 0.25) is 5.95 Å². The molecule has 1 aromatic heterocycles. The lowest BCUT2D eigenvalue weighted by Crippen LogP contribution is -2.09. The fourth-order valence-corrected chi connectivity index (χ4v) is 1.64. The number of hydrogen-bond acceptors (Lipinski definition) is 2. The molecule has 2 nitrogen and oxygen atoms in total. The maximum Gasteiger partial charge on any atom is 0.212 e. The van der Waals surface area contributed by atoms with Crippen molar-refractivity contribution in [2.75, 3.05) is 5.32 Å². The fourth-order valence-electron chi connectivity index (χ4n) is 1.64. The van der Waals surface area contributed by atoms with Crippen LogP contribution in [0.5, 0.6) is 0 Å². The maximum atomic E-state index is 13.5. The van der Waals surface area contributed by atoms with Gasteiger partial charge >= 0.3 is 0 Å². The maximum absolute atomic E-state index is 13.5. The third-order valence-corrected chi connectivity index (χ3v) is 2.54. The third kappa shape index (κ3) is 2.80. The van der Waals surface area contributed by atoms with Crippen molar-refractivity contribution in [3.8, 4) is 0 Å². The summed E-state index contributed by atoms with van der Waals surface area (Å²) >= 11 is 0. The van der Waals surface area contributed by atoms with Crippen LogP contribution in [0.4, 0.5) is 18.9 Å². The number of rotatable bonds is 3. The molecule has 94 valence electrons. The Hall–Kier alpha value is -2.04. The number of pyridine rings is 1. The topological polar surface area (TPSA) is 24.9 Å². The summed E-state index contributed by atoms with van der Waals surface area (Å²) in [6, 6.07) is 5.73. The Bertz CT molecular complexity index is 540. The lowest BCUT2D eigenvalue weighted by Gasteiger charge is -2.16. The molecule has 0 aliphatic rings. The Morgan fingerprint density at radius 1 is 1.11 bits per heavy atom. The highest BCUT2D eigenvalue weighted by atomic mass is 19.1. The van der Waals surface area contributed by atoms with Crippen LogP contribution in [0, 0.1) is 17.6 Å². The molecule has 2 aromatic rings. The van der Waals surface area contributed by atoms with Crippen molar-refractivity contribution in [1.29, 1.82) is 0 Å². The van der Waals surface area contributed by atoms with Gasteiger partial charge in [-0.25, -0.2) is 13.8 Å². The average molecular weight is 252 g/mol. The summed E-state index contributed by atoms with van der Waals surface area (Å²) in [5.74, 6) is -1.82. The zero-order valence-electron chi connectivity index (χ0n) is 9.62. The Morgan fingerprint density at radius 3 is 2.50 bits per heavy atom. The second-order valence-corrected chi connectivity index (χ2v) is 3.90. The van der Waals surface area contributed by atoms with E-state index >= 15 is 0 Å². The van der Waals surface area contributed by atoms with Crippen LogP contribution in [0.25, 0.3) is 0 Å². The lowest BCUT2D eigenvalue weighted by molar-refractivity contribution is 0.565. The first-order chi connectivity index (χ1) is 8.56. The zero-order valence-corrected chi connectivity index (χ0v) is 9.62. The van der Waals surface area contributed by atoms with Crippen molar-refractivity contribution in [2.45, 2.75) is 13.0 Å². The van der Waals surface area contributed by atoms with E-state index in [4.69, 9.17) is 0 Å². The molecule has 1 unspecified atom stereocenters. The molecule has 1 N–H and O–H groups in total. The molecule has 5 heteroatoms. The molecule has 0 bridgehead atoms. The van der Waals surface area contributed by atoms with Gasteiger partial charge in [-0.15, -0.1) is 0 Å². The Morgan fingerprint density at radius 2 is 1.89 bits per heavy atom. The van der Waals surface area contributed by atoms with E-state index in [0.717, 1.165) is 6.07 Å². The number of anilines is 1. The first kappa shape index (κ1) is 12.4. The van der Waals surface area contributed by atoms with Crippen LogP contribution in [0.1, 0.15) is 18.5 Å². The van der Waals surface area contributed by atoms with E-state index in [2.05, 4.69) is 10.3 Å². The van der Waals surface area contributed by atoms with E-state index in [9.17, 15) is 13.2 Å². The molecule has 1 aromatic carbocycles.